The summed E-state index contributed by atoms with van der Waals surface area (Å²) in [5.41, 5.74) is 0.969. The predicted octanol–water partition coefficient (Wildman–Crippen LogP) is 3.99. The number of para-hydroxylation sites is 1. The smallest absolute Gasteiger partial charge is 0.416 e. The summed E-state index contributed by atoms with van der Waals surface area (Å²) in [5.74, 6) is 0.436. The van der Waals surface area contributed by atoms with Crippen LogP contribution in [-0.4, -0.2) is 19.4 Å². The van der Waals surface area contributed by atoms with Crippen molar-refractivity contribution in [3.63, 3.8) is 0 Å². The monoisotopic (exact) mass is 337 g/mol. The summed E-state index contributed by atoms with van der Waals surface area (Å²) in [7, 11) is 1.43. The van der Waals surface area contributed by atoms with E-state index in [1.165, 1.54) is 13.1 Å². The van der Waals surface area contributed by atoms with Crippen molar-refractivity contribution in [2.24, 2.45) is 0 Å². The van der Waals surface area contributed by atoms with Gasteiger partial charge in [-0.1, -0.05) is 30.3 Å². The maximum Gasteiger partial charge on any atom is 0.416 e. The van der Waals surface area contributed by atoms with E-state index in [1.807, 2.05) is 0 Å². The second-order valence-corrected chi connectivity index (χ2v) is 5.28. The van der Waals surface area contributed by atoms with E-state index >= 15 is 0 Å². The van der Waals surface area contributed by atoms with Crippen LogP contribution in [0.3, 0.4) is 0 Å². The minimum absolute atomic E-state index is 0.343. The Bertz CT molecular complexity index is 774. The fourth-order valence-corrected chi connectivity index (χ4v) is 2.57. The van der Waals surface area contributed by atoms with E-state index in [1.54, 1.807) is 24.3 Å². The summed E-state index contributed by atoms with van der Waals surface area (Å²) in [6, 6.07) is 10.2. The van der Waals surface area contributed by atoms with Gasteiger partial charge in [-0.2, -0.15) is 13.2 Å². The Morgan fingerprint density at radius 2 is 2.00 bits per heavy atom. The Labute approximate surface area is 136 Å². The van der Waals surface area contributed by atoms with Crippen molar-refractivity contribution >= 4 is 6.09 Å². The van der Waals surface area contributed by atoms with Crippen LogP contribution in [0.5, 0.6) is 5.75 Å². The van der Waals surface area contributed by atoms with Gasteiger partial charge in [0.25, 0.3) is 0 Å². The number of carbonyl (C=O) groups excluding carboxylic acids is 1. The zero-order valence-electron chi connectivity index (χ0n) is 12.7. The van der Waals surface area contributed by atoms with Crippen LogP contribution in [-0.2, 0) is 17.3 Å². The molecule has 0 aromatic heterocycles. The number of carbonyl (C=O) groups is 1. The Balaban J connectivity index is 1.93. The molecule has 7 heteroatoms. The van der Waals surface area contributed by atoms with Gasteiger partial charge in [-0.05, 0) is 17.7 Å². The van der Waals surface area contributed by atoms with Gasteiger partial charge in [-0.3, -0.25) is 0 Å². The van der Waals surface area contributed by atoms with Gasteiger partial charge in [0.05, 0.1) is 12.0 Å². The first-order valence-corrected chi connectivity index (χ1v) is 7.23. The Morgan fingerprint density at radius 1 is 1.25 bits per heavy atom. The number of hydrogen-bond acceptors (Lipinski definition) is 3. The van der Waals surface area contributed by atoms with Crippen LogP contribution in [0, 0.1) is 0 Å². The molecular weight excluding hydrogens is 323 g/mol. The maximum absolute atomic E-state index is 12.9. The largest absolute Gasteiger partial charge is 0.453 e. The highest BCUT2D eigenvalue weighted by Gasteiger charge is 2.32. The molecule has 0 radical (unpaired) electrons. The number of benzene rings is 2. The lowest BCUT2D eigenvalue weighted by atomic mass is 9.99. The molecule has 0 aliphatic carbocycles. The van der Waals surface area contributed by atoms with Crippen LogP contribution in [0.15, 0.2) is 42.5 Å². The van der Waals surface area contributed by atoms with Crippen LogP contribution in [0.2, 0.25) is 0 Å². The molecule has 1 amide bonds. The number of hydrogen-bond donors (Lipinski definition) is 1. The second kappa shape index (κ2) is 6.07. The standard InChI is InChI=1S/C17H14F3NO3/c1-21-16(22)24-14-9-11-5-3-7-13(15(11)23-14)10-4-2-6-12(8-10)17(18,19)20/h2-8,14H,9H2,1H3,(H,21,22). The highest BCUT2D eigenvalue weighted by Crippen LogP contribution is 2.40. The molecule has 0 saturated heterocycles. The number of ether oxygens (including phenoxy) is 2. The first kappa shape index (κ1) is 16.2. The van der Waals surface area contributed by atoms with E-state index in [4.69, 9.17) is 9.47 Å². The minimum Gasteiger partial charge on any atom is -0.453 e. The molecule has 1 N–H and O–H groups in total. The zero-order valence-corrected chi connectivity index (χ0v) is 12.7. The van der Waals surface area contributed by atoms with Crippen molar-refractivity contribution in [2.45, 2.75) is 18.9 Å². The van der Waals surface area contributed by atoms with Crippen molar-refractivity contribution in [1.29, 1.82) is 0 Å². The lowest BCUT2D eigenvalue weighted by Gasteiger charge is -2.14. The van der Waals surface area contributed by atoms with Gasteiger partial charge in [-0.15, -0.1) is 0 Å². The van der Waals surface area contributed by atoms with Crippen molar-refractivity contribution in [1.82, 2.24) is 5.32 Å². The third-order valence-corrected chi connectivity index (χ3v) is 3.68. The van der Waals surface area contributed by atoms with E-state index in [0.29, 0.717) is 23.3 Å². The van der Waals surface area contributed by atoms with E-state index in [9.17, 15) is 18.0 Å². The van der Waals surface area contributed by atoms with Gasteiger partial charge in [0.2, 0.25) is 6.29 Å². The predicted molar refractivity (Wildman–Crippen MR) is 80.5 cm³/mol. The normalized spacial score (nSPS) is 16.2. The summed E-state index contributed by atoms with van der Waals surface area (Å²) < 4.78 is 49.4. The average molecular weight is 337 g/mol. The molecule has 1 aliphatic heterocycles. The third kappa shape index (κ3) is 3.15. The van der Waals surface area contributed by atoms with Gasteiger partial charge in [0.1, 0.15) is 5.75 Å². The quantitative estimate of drug-likeness (QED) is 0.901. The number of alkyl carbamates (subject to hydrolysis) is 1. The summed E-state index contributed by atoms with van der Waals surface area (Å²) in [5, 5.41) is 2.32. The Kier molecular flexibility index (Phi) is 4.09. The lowest BCUT2D eigenvalue weighted by Crippen LogP contribution is -2.28. The van der Waals surface area contributed by atoms with E-state index < -0.39 is 24.1 Å². The molecule has 1 aliphatic rings. The van der Waals surface area contributed by atoms with Crippen molar-refractivity contribution in [3.8, 4) is 16.9 Å². The van der Waals surface area contributed by atoms with E-state index in [-0.39, 0.29) is 0 Å². The Morgan fingerprint density at radius 3 is 2.71 bits per heavy atom. The first-order chi connectivity index (χ1) is 11.4. The average Bonchev–Trinajstić information content (AvgIpc) is 2.96. The highest BCUT2D eigenvalue weighted by atomic mass is 19.4. The van der Waals surface area contributed by atoms with E-state index in [0.717, 1.165) is 17.7 Å². The van der Waals surface area contributed by atoms with Crippen molar-refractivity contribution in [3.05, 3.63) is 53.6 Å². The molecule has 126 valence electrons. The third-order valence-electron chi connectivity index (χ3n) is 3.68. The molecule has 0 bridgehead atoms. The van der Waals surface area contributed by atoms with E-state index in [2.05, 4.69) is 5.32 Å². The highest BCUT2D eigenvalue weighted by molar-refractivity contribution is 5.74. The number of fused-ring (bicyclic) bond motifs is 1. The molecule has 0 spiro atoms. The van der Waals surface area contributed by atoms with Crippen molar-refractivity contribution < 1.29 is 27.4 Å². The molecule has 0 fully saturated rings. The topological polar surface area (TPSA) is 47.6 Å². The molecule has 1 atom stereocenters. The summed E-state index contributed by atoms with van der Waals surface area (Å²) in [4.78, 5) is 11.3. The summed E-state index contributed by atoms with van der Waals surface area (Å²) in [6.07, 6.45) is -5.50. The fourth-order valence-electron chi connectivity index (χ4n) is 2.57. The molecule has 0 saturated carbocycles. The SMILES string of the molecule is CNC(=O)OC1Cc2cccc(-c3cccc(C(F)(F)F)c3)c2O1. The minimum atomic E-state index is -4.42. The van der Waals surface area contributed by atoms with Gasteiger partial charge in [0.15, 0.2) is 0 Å². The van der Waals surface area contributed by atoms with Crippen molar-refractivity contribution in [2.75, 3.05) is 7.05 Å². The lowest BCUT2D eigenvalue weighted by molar-refractivity contribution is -0.137. The zero-order chi connectivity index (χ0) is 17.3. The van der Waals surface area contributed by atoms with Crippen LogP contribution >= 0.6 is 0 Å². The molecule has 2 aromatic rings. The van der Waals surface area contributed by atoms with Gasteiger partial charge in [0, 0.05) is 18.2 Å². The number of halogens is 3. The molecule has 24 heavy (non-hydrogen) atoms. The van der Waals surface area contributed by atoms with Crippen LogP contribution < -0.4 is 10.1 Å². The molecule has 2 aromatic carbocycles. The number of rotatable bonds is 2. The molecular formula is C17H14F3NO3. The summed E-state index contributed by atoms with van der Waals surface area (Å²) in [6.45, 7) is 0. The summed E-state index contributed by atoms with van der Waals surface area (Å²) >= 11 is 0. The van der Waals surface area contributed by atoms with Crippen LogP contribution in [0.25, 0.3) is 11.1 Å². The number of amides is 1. The number of alkyl halides is 3. The van der Waals surface area contributed by atoms with Crippen LogP contribution in [0.1, 0.15) is 11.1 Å². The van der Waals surface area contributed by atoms with Gasteiger partial charge in [-0.25, -0.2) is 4.79 Å². The molecule has 1 heterocycles. The van der Waals surface area contributed by atoms with Crippen LogP contribution in [0.4, 0.5) is 18.0 Å². The molecule has 1 unspecified atom stereocenters. The maximum atomic E-state index is 12.9. The van der Waals surface area contributed by atoms with Gasteiger partial charge < -0.3 is 14.8 Å². The first-order valence-electron chi connectivity index (χ1n) is 7.23. The molecule has 3 rings (SSSR count). The second-order valence-electron chi connectivity index (χ2n) is 5.28. The van der Waals surface area contributed by atoms with Gasteiger partial charge >= 0.3 is 12.3 Å². The number of nitrogens with one attached hydrogen (secondary N) is 1. The fraction of sp³-hybridized carbons (Fsp3) is 0.235. The molecule has 4 nitrogen and oxygen atoms in total. The Hall–Kier alpha value is -2.70.